The van der Waals surface area contributed by atoms with E-state index in [0.29, 0.717) is 0 Å². The molecule has 0 bridgehead atoms. The first-order valence-corrected chi connectivity index (χ1v) is 6.16. The highest BCUT2D eigenvalue weighted by Crippen LogP contribution is 2.22. The molecule has 3 N–H and O–H groups in total. The molecule has 6 heteroatoms. The van der Waals surface area contributed by atoms with Gasteiger partial charge in [0.05, 0.1) is 12.0 Å². The molecule has 1 rings (SSSR count). The monoisotopic (exact) mass is 278 g/mol. The van der Waals surface area contributed by atoms with E-state index in [1.807, 2.05) is 30.3 Å². The van der Waals surface area contributed by atoms with E-state index in [1.165, 1.54) is 0 Å². The normalized spacial score (nSPS) is 10.7. The van der Waals surface area contributed by atoms with Gasteiger partial charge in [-0.3, -0.25) is 14.4 Å². The van der Waals surface area contributed by atoms with E-state index in [1.54, 1.807) is 13.8 Å². The molecule has 0 fully saturated rings. The fourth-order valence-corrected chi connectivity index (χ4v) is 1.60. The largest absolute Gasteiger partial charge is 0.480 e. The van der Waals surface area contributed by atoms with Gasteiger partial charge < -0.3 is 15.7 Å². The maximum atomic E-state index is 12.1. The van der Waals surface area contributed by atoms with Crippen LogP contribution in [0.25, 0.3) is 0 Å². The summed E-state index contributed by atoms with van der Waals surface area (Å²) in [5.74, 6) is -1.96. The summed E-state index contributed by atoms with van der Waals surface area (Å²) >= 11 is 0. The van der Waals surface area contributed by atoms with Gasteiger partial charge in [0.2, 0.25) is 11.8 Å². The maximum Gasteiger partial charge on any atom is 0.322 e. The number of carbonyl (C=O) groups excluding carboxylic acids is 2. The summed E-state index contributed by atoms with van der Waals surface area (Å²) < 4.78 is 0. The van der Waals surface area contributed by atoms with Crippen molar-refractivity contribution in [3.8, 4) is 0 Å². The lowest BCUT2D eigenvalue weighted by Crippen LogP contribution is -2.45. The van der Waals surface area contributed by atoms with Crippen LogP contribution in [0.1, 0.15) is 19.4 Å². The maximum absolute atomic E-state index is 12.1. The molecule has 0 unspecified atom stereocenters. The molecule has 1 aromatic carbocycles. The van der Waals surface area contributed by atoms with Gasteiger partial charge >= 0.3 is 5.97 Å². The highest BCUT2D eigenvalue weighted by atomic mass is 16.4. The molecule has 0 saturated heterocycles. The quantitative estimate of drug-likeness (QED) is 0.696. The second-order valence-electron chi connectivity index (χ2n) is 4.84. The Morgan fingerprint density at radius 2 is 1.65 bits per heavy atom. The molecule has 0 aliphatic heterocycles. The van der Waals surface area contributed by atoms with Gasteiger partial charge in [0.1, 0.15) is 6.54 Å². The number of rotatable bonds is 6. The zero-order chi connectivity index (χ0) is 15.2. The zero-order valence-electron chi connectivity index (χ0n) is 11.5. The second-order valence-corrected chi connectivity index (χ2v) is 4.84. The van der Waals surface area contributed by atoms with Crippen LogP contribution in [0.15, 0.2) is 30.3 Å². The summed E-state index contributed by atoms with van der Waals surface area (Å²) in [6.07, 6.45) is 0. The Bertz CT molecular complexity index is 497. The molecule has 0 saturated carbocycles. The van der Waals surface area contributed by atoms with E-state index in [9.17, 15) is 14.4 Å². The zero-order valence-corrected chi connectivity index (χ0v) is 11.5. The highest BCUT2D eigenvalue weighted by Gasteiger charge is 2.29. The number of carboxylic acid groups (broad SMARTS) is 1. The minimum atomic E-state index is -1.13. The molecule has 0 heterocycles. The minimum Gasteiger partial charge on any atom is -0.480 e. The first-order chi connectivity index (χ1) is 9.34. The molecular weight excluding hydrogens is 260 g/mol. The van der Waals surface area contributed by atoms with Crippen LogP contribution in [-0.4, -0.2) is 36.0 Å². The second kappa shape index (κ2) is 6.70. The van der Waals surface area contributed by atoms with Crippen LogP contribution < -0.4 is 10.6 Å². The van der Waals surface area contributed by atoms with Crippen molar-refractivity contribution in [2.45, 2.75) is 19.3 Å². The predicted molar refractivity (Wildman–Crippen MR) is 73.1 cm³/mol. The number of benzene rings is 1. The van der Waals surface area contributed by atoms with Gasteiger partial charge in [-0.15, -0.1) is 0 Å². The van der Waals surface area contributed by atoms with Gasteiger partial charge in [0.15, 0.2) is 0 Å². The average molecular weight is 278 g/mol. The van der Waals surface area contributed by atoms with Crippen LogP contribution in [0, 0.1) is 0 Å². The Labute approximate surface area is 117 Å². The first-order valence-electron chi connectivity index (χ1n) is 6.16. The standard InChI is InChI=1S/C14H18N2O4/c1-14(2,10-6-4-3-5-7-10)13(20)16-8-11(17)15-9-12(18)19/h3-7H,8-9H2,1-2H3,(H,15,17)(H,16,20)(H,18,19). The predicted octanol–water partition coefficient (Wildman–Crippen LogP) is 0.281. The Hall–Kier alpha value is -2.37. The summed E-state index contributed by atoms with van der Waals surface area (Å²) in [5, 5.41) is 13.1. The number of carboxylic acids is 1. The molecule has 1 aromatic rings. The van der Waals surface area contributed by atoms with E-state index in [-0.39, 0.29) is 12.5 Å². The van der Waals surface area contributed by atoms with Gasteiger partial charge in [-0.25, -0.2) is 0 Å². The SMILES string of the molecule is CC(C)(C(=O)NCC(=O)NCC(=O)O)c1ccccc1. The third kappa shape index (κ3) is 4.38. The van der Waals surface area contributed by atoms with E-state index in [4.69, 9.17) is 5.11 Å². The van der Waals surface area contributed by atoms with E-state index < -0.39 is 23.8 Å². The van der Waals surface area contributed by atoms with Crippen molar-refractivity contribution < 1.29 is 19.5 Å². The molecular formula is C14H18N2O4. The lowest BCUT2D eigenvalue weighted by Gasteiger charge is -2.23. The molecule has 20 heavy (non-hydrogen) atoms. The number of hydrogen-bond donors (Lipinski definition) is 3. The van der Waals surface area contributed by atoms with Crippen LogP contribution in [0.5, 0.6) is 0 Å². The molecule has 108 valence electrons. The fourth-order valence-electron chi connectivity index (χ4n) is 1.60. The molecule has 2 amide bonds. The van der Waals surface area contributed by atoms with Crippen molar-refractivity contribution >= 4 is 17.8 Å². The van der Waals surface area contributed by atoms with E-state index >= 15 is 0 Å². The Morgan fingerprint density at radius 3 is 2.20 bits per heavy atom. The molecule has 0 radical (unpaired) electrons. The number of aliphatic carboxylic acids is 1. The molecule has 0 aliphatic rings. The van der Waals surface area contributed by atoms with Crippen LogP contribution in [-0.2, 0) is 19.8 Å². The van der Waals surface area contributed by atoms with Crippen molar-refractivity contribution in [1.82, 2.24) is 10.6 Å². The Kier molecular flexibility index (Phi) is 5.25. The third-order valence-corrected chi connectivity index (χ3v) is 2.91. The summed E-state index contributed by atoms with van der Waals surface area (Å²) in [5.41, 5.74) is 0.0670. The summed E-state index contributed by atoms with van der Waals surface area (Å²) in [6.45, 7) is 2.80. The smallest absolute Gasteiger partial charge is 0.322 e. The van der Waals surface area contributed by atoms with Crippen LogP contribution in [0.2, 0.25) is 0 Å². The summed E-state index contributed by atoms with van der Waals surface area (Å²) in [7, 11) is 0. The van der Waals surface area contributed by atoms with Gasteiger partial charge in [0, 0.05) is 0 Å². The van der Waals surface area contributed by atoms with Crippen molar-refractivity contribution in [2.24, 2.45) is 0 Å². The van der Waals surface area contributed by atoms with Crippen LogP contribution in [0.3, 0.4) is 0 Å². The fraction of sp³-hybridized carbons (Fsp3) is 0.357. The third-order valence-electron chi connectivity index (χ3n) is 2.91. The average Bonchev–Trinajstić information content (AvgIpc) is 2.43. The number of hydrogen-bond acceptors (Lipinski definition) is 3. The van der Waals surface area contributed by atoms with Crippen molar-refractivity contribution in [2.75, 3.05) is 13.1 Å². The lowest BCUT2D eigenvalue weighted by molar-refractivity contribution is -0.137. The molecule has 0 atom stereocenters. The van der Waals surface area contributed by atoms with Crippen molar-refractivity contribution in [3.63, 3.8) is 0 Å². The number of carbonyl (C=O) groups is 3. The van der Waals surface area contributed by atoms with Gasteiger partial charge in [0.25, 0.3) is 0 Å². The summed E-state index contributed by atoms with van der Waals surface area (Å²) in [4.78, 5) is 33.7. The molecule has 0 aliphatic carbocycles. The first kappa shape index (κ1) is 15.7. The van der Waals surface area contributed by atoms with Crippen molar-refractivity contribution in [1.29, 1.82) is 0 Å². The van der Waals surface area contributed by atoms with E-state index in [0.717, 1.165) is 5.56 Å². The topological polar surface area (TPSA) is 95.5 Å². The van der Waals surface area contributed by atoms with Gasteiger partial charge in [-0.1, -0.05) is 30.3 Å². The highest BCUT2D eigenvalue weighted by molar-refractivity contribution is 5.91. The van der Waals surface area contributed by atoms with Gasteiger partial charge in [-0.2, -0.15) is 0 Å². The summed E-state index contributed by atoms with van der Waals surface area (Å²) in [6, 6.07) is 9.21. The lowest BCUT2D eigenvalue weighted by atomic mass is 9.84. The number of nitrogens with one attached hydrogen (secondary N) is 2. The van der Waals surface area contributed by atoms with E-state index in [2.05, 4.69) is 10.6 Å². The molecule has 6 nitrogen and oxygen atoms in total. The Balaban J connectivity index is 2.54. The molecule has 0 aromatic heterocycles. The minimum absolute atomic E-state index is 0.248. The Morgan fingerprint density at radius 1 is 1.05 bits per heavy atom. The van der Waals surface area contributed by atoms with Gasteiger partial charge in [-0.05, 0) is 19.4 Å². The van der Waals surface area contributed by atoms with Crippen molar-refractivity contribution in [3.05, 3.63) is 35.9 Å². The van der Waals surface area contributed by atoms with Crippen LogP contribution >= 0.6 is 0 Å². The number of amides is 2. The van der Waals surface area contributed by atoms with Crippen LogP contribution in [0.4, 0.5) is 0 Å². The molecule has 0 spiro atoms.